The summed E-state index contributed by atoms with van der Waals surface area (Å²) >= 11 is 0. The molecule has 0 aliphatic carbocycles. The van der Waals surface area contributed by atoms with Gasteiger partial charge >= 0.3 is 5.97 Å². The first-order valence-corrected chi connectivity index (χ1v) is 4.32. The second kappa shape index (κ2) is 4.09. The maximum Gasteiger partial charge on any atom is 0.310 e. The molecule has 1 aliphatic heterocycles. The van der Waals surface area contributed by atoms with E-state index in [0.29, 0.717) is 12.2 Å². The molecular weight excluding hydrogens is 182 g/mol. The summed E-state index contributed by atoms with van der Waals surface area (Å²) in [6, 6.07) is 0. The minimum Gasteiger partial charge on any atom is -0.469 e. The quantitative estimate of drug-likeness (QED) is 0.623. The number of hydrogen-bond donors (Lipinski definition) is 0. The van der Waals surface area contributed by atoms with E-state index in [1.165, 1.54) is 18.1 Å². The molecule has 1 amide bonds. The Kier molecular flexibility index (Phi) is 3.06. The second-order valence-corrected chi connectivity index (χ2v) is 3.20. The Bertz CT molecular complexity index is 288. The highest BCUT2D eigenvalue weighted by Crippen LogP contribution is 2.15. The number of ether oxygens (including phenoxy) is 1. The normalized spacial score (nSPS) is 17.4. The van der Waals surface area contributed by atoms with Crippen LogP contribution in [0.4, 0.5) is 0 Å². The van der Waals surface area contributed by atoms with Crippen LogP contribution in [0.2, 0.25) is 0 Å². The molecule has 1 aliphatic rings. The van der Waals surface area contributed by atoms with Crippen LogP contribution < -0.4 is 0 Å². The Morgan fingerprint density at radius 1 is 1.64 bits per heavy atom. The van der Waals surface area contributed by atoms with Gasteiger partial charge in [-0.2, -0.15) is 0 Å². The number of nitrogens with zero attached hydrogens (tertiary/aromatic N) is 1. The van der Waals surface area contributed by atoms with Crippen molar-refractivity contribution in [2.75, 3.05) is 13.7 Å². The molecule has 0 aromatic rings. The van der Waals surface area contributed by atoms with E-state index in [-0.39, 0.29) is 17.8 Å². The van der Waals surface area contributed by atoms with E-state index in [0.717, 1.165) is 0 Å². The van der Waals surface area contributed by atoms with Crippen molar-refractivity contribution in [3.63, 3.8) is 0 Å². The van der Waals surface area contributed by atoms with E-state index < -0.39 is 0 Å². The predicted molar refractivity (Wildman–Crippen MR) is 51.2 cm³/mol. The van der Waals surface area contributed by atoms with Crippen LogP contribution in [0.15, 0.2) is 24.4 Å². The van der Waals surface area contributed by atoms with Gasteiger partial charge in [0.05, 0.1) is 13.0 Å². The van der Waals surface area contributed by atoms with Crippen molar-refractivity contribution in [3.8, 4) is 0 Å². The maximum absolute atomic E-state index is 11.3. The topological polar surface area (TPSA) is 46.6 Å². The fourth-order valence-corrected chi connectivity index (χ4v) is 1.25. The van der Waals surface area contributed by atoms with E-state index in [1.54, 1.807) is 13.0 Å². The van der Waals surface area contributed by atoms with Gasteiger partial charge in [0.25, 0.3) is 5.91 Å². The Morgan fingerprint density at radius 2 is 2.29 bits per heavy atom. The largest absolute Gasteiger partial charge is 0.469 e. The summed E-state index contributed by atoms with van der Waals surface area (Å²) in [6.45, 7) is 5.72. The Hall–Kier alpha value is -1.58. The zero-order valence-corrected chi connectivity index (χ0v) is 8.32. The molecule has 1 unspecified atom stereocenters. The lowest BCUT2D eigenvalue weighted by molar-refractivity contribution is -0.145. The molecule has 0 saturated heterocycles. The minimum absolute atomic E-state index is 0.134. The van der Waals surface area contributed by atoms with Crippen molar-refractivity contribution in [1.29, 1.82) is 0 Å². The van der Waals surface area contributed by atoms with Crippen molar-refractivity contribution in [3.05, 3.63) is 24.4 Å². The molecular formula is C10H13NO3. The zero-order valence-electron chi connectivity index (χ0n) is 8.32. The number of rotatable bonds is 3. The molecule has 0 saturated carbocycles. The molecule has 14 heavy (non-hydrogen) atoms. The van der Waals surface area contributed by atoms with Gasteiger partial charge in [0.2, 0.25) is 0 Å². The molecule has 4 nitrogen and oxygen atoms in total. The number of carbonyl (C=O) groups excluding carboxylic acids is 2. The molecule has 76 valence electrons. The number of esters is 1. The first kappa shape index (κ1) is 10.5. The van der Waals surface area contributed by atoms with Gasteiger partial charge < -0.3 is 9.64 Å². The van der Waals surface area contributed by atoms with Crippen LogP contribution in [-0.2, 0) is 14.3 Å². The lowest BCUT2D eigenvalue weighted by Gasteiger charge is -2.20. The van der Waals surface area contributed by atoms with Gasteiger partial charge in [0.15, 0.2) is 0 Å². The van der Waals surface area contributed by atoms with Gasteiger partial charge in [-0.3, -0.25) is 9.59 Å². The van der Waals surface area contributed by atoms with Crippen molar-refractivity contribution < 1.29 is 14.3 Å². The summed E-state index contributed by atoms with van der Waals surface area (Å²) in [5, 5.41) is 0. The lowest BCUT2D eigenvalue weighted by Crippen LogP contribution is -2.32. The standard InChI is InChI=1S/C10H13NO3/c1-7(10(13)14-3)6-11-8(2)4-5-9(11)12/h4-5,7H,2,6H2,1,3H3. The van der Waals surface area contributed by atoms with E-state index in [9.17, 15) is 9.59 Å². The third-order valence-electron chi connectivity index (χ3n) is 2.09. The first-order valence-electron chi connectivity index (χ1n) is 4.32. The highest BCUT2D eigenvalue weighted by Gasteiger charge is 2.24. The molecule has 0 aromatic carbocycles. The molecule has 1 atom stereocenters. The molecule has 0 N–H and O–H groups in total. The Balaban J connectivity index is 2.57. The van der Waals surface area contributed by atoms with Crippen LogP contribution in [0, 0.1) is 5.92 Å². The fraction of sp³-hybridized carbons (Fsp3) is 0.400. The average molecular weight is 195 g/mol. The predicted octanol–water partition coefficient (Wildman–Crippen LogP) is 0.708. The van der Waals surface area contributed by atoms with Gasteiger partial charge in [-0.05, 0) is 6.08 Å². The Morgan fingerprint density at radius 3 is 2.71 bits per heavy atom. The third kappa shape index (κ3) is 2.02. The fourth-order valence-electron chi connectivity index (χ4n) is 1.25. The number of amides is 1. The average Bonchev–Trinajstić information content (AvgIpc) is 2.48. The highest BCUT2D eigenvalue weighted by atomic mass is 16.5. The van der Waals surface area contributed by atoms with Crippen LogP contribution >= 0.6 is 0 Å². The number of allylic oxidation sites excluding steroid dienone is 1. The molecule has 0 aromatic heterocycles. The molecule has 0 bridgehead atoms. The summed E-state index contributed by atoms with van der Waals surface area (Å²) in [4.78, 5) is 23.8. The number of methoxy groups -OCH3 is 1. The summed E-state index contributed by atoms with van der Waals surface area (Å²) in [5.41, 5.74) is 0.616. The molecule has 0 spiro atoms. The van der Waals surface area contributed by atoms with Crippen LogP contribution in [0.3, 0.4) is 0 Å². The summed E-state index contributed by atoms with van der Waals surface area (Å²) in [7, 11) is 1.33. The smallest absolute Gasteiger partial charge is 0.310 e. The number of carbonyl (C=O) groups is 2. The van der Waals surface area contributed by atoms with E-state index in [2.05, 4.69) is 11.3 Å². The van der Waals surface area contributed by atoms with Gasteiger partial charge in [0, 0.05) is 18.3 Å². The van der Waals surface area contributed by atoms with E-state index >= 15 is 0 Å². The van der Waals surface area contributed by atoms with Crippen molar-refractivity contribution >= 4 is 11.9 Å². The summed E-state index contributed by atoms with van der Waals surface area (Å²) in [5.74, 6) is -0.788. The summed E-state index contributed by atoms with van der Waals surface area (Å²) in [6.07, 6.45) is 3.07. The van der Waals surface area contributed by atoms with Crippen LogP contribution in [0.25, 0.3) is 0 Å². The lowest BCUT2D eigenvalue weighted by atomic mass is 10.1. The molecule has 1 rings (SSSR count). The van der Waals surface area contributed by atoms with Crippen LogP contribution in [-0.4, -0.2) is 30.4 Å². The number of hydrogen-bond acceptors (Lipinski definition) is 3. The SMILES string of the molecule is C=C1C=CC(=O)N1CC(C)C(=O)OC. The van der Waals surface area contributed by atoms with E-state index in [4.69, 9.17) is 0 Å². The second-order valence-electron chi connectivity index (χ2n) is 3.20. The summed E-state index contributed by atoms with van der Waals surface area (Å²) < 4.78 is 4.57. The highest BCUT2D eigenvalue weighted by molar-refractivity contribution is 5.93. The molecule has 1 heterocycles. The van der Waals surface area contributed by atoms with Crippen LogP contribution in [0.1, 0.15) is 6.92 Å². The maximum atomic E-state index is 11.3. The van der Waals surface area contributed by atoms with Crippen LogP contribution in [0.5, 0.6) is 0 Å². The monoisotopic (exact) mass is 195 g/mol. The van der Waals surface area contributed by atoms with Crippen molar-refractivity contribution in [2.45, 2.75) is 6.92 Å². The van der Waals surface area contributed by atoms with Gasteiger partial charge in [-0.1, -0.05) is 13.5 Å². The van der Waals surface area contributed by atoms with E-state index in [1.807, 2.05) is 0 Å². The molecule has 0 fully saturated rings. The minimum atomic E-state index is -0.333. The first-order chi connectivity index (χ1) is 6.56. The molecule has 4 heteroatoms. The van der Waals surface area contributed by atoms with Gasteiger partial charge in [0.1, 0.15) is 0 Å². The Labute approximate surface area is 82.8 Å². The van der Waals surface area contributed by atoms with Gasteiger partial charge in [-0.15, -0.1) is 0 Å². The van der Waals surface area contributed by atoms with Crippen molar-refractivity contribution in [1.82, 2.24) is 4.90 Å². The van der Waals surface area contributed by atoms with Crippen molar-refractivity contribution in [2.24, 2.45) is 5.92 Å². The zero-order chi connectivity index (χ0) is 10.7. The van der Waals surface area contributed by atoms with Gasteiger partial charge in [-0.25, -0.2) is 0 Å². The third-order valence-corrected chi connectivity index (χ3v) is 2.09. The molecule has 0 radical (unpaired) electrons.